The zero-order chi connectivity index (χ0) is 6.28. The Morgan fingerprint density at radius 1 is 1.62 bits per heavy atom. The second-order valence-corrected chi connectivity index (χ2v) is 0.755. The lowest BCUT2D eigenvalue weighted by Crippen LogP contribution is -2.20. The van der Waals surface area contributed by atoms with Gasteiger partial charge in [0.25, 0.3) is 0 Å². The lowest BCUT2D eigenvalue weighted by molar-refractivity contribution is 1.39. The fourth-order valence-corrected chi connectivity index (χ4v) is 0. The van der Waals surface area contributed by atoms with Crippen LogP contribution in [0.25, 0.3) is 0 Å². The lowest BCUT2D eigenvalue weighted by atomic mass is 11.1. The number of halogens is 1. The molecule has 4 nitrogen and oxygen atoms in total. The molecule has 0 spiro atoms. The second kappa shape index (κ2) is 15.8. The normalized spacial score (nSPS) is 4.00. The molecule has 0 saturated carbocycles. The van der Waals surface area contributed by atoms with Crippen molar-refractivity contribution in [3.8, 4) is 5.40 Å². The van der Waals surface area contributed by atoms with Crippen LogP contribution in [-0.2, 0) is 0 Å². The summed E-state index contributed by atoms with van der Waals surface area (Å²) in [7, 11) is 0. The van der Waals surface area contributed by atoms with Gasteiger partial charge in [0, 0.05) is 0 Å². The number of thiol groups is 1. The van der Waals surface area contributed by atoms with Crippen LogP contribution < -0.4 is 11.5 Å². The molecule has 0 aromatic heterocycles. The number of thiocyanates is 1. The highest BCUT2D eigenvalue weighted by molar-refractivity contribution is 14.0. The maximum Gasteiger partial charge on any atom is 0.183 e. The number of rotatable bonds is 0. The Labute approximate surface area is 70.2 Å². The van der Waals surface area contributed by atoms with E-state index in [1.54, 1.807) is 0 Å². The van der Waals surface area contributed by atoms with Crippen LogP contribution in [0.1, 0.15) is 0 Å². The van der Waals surface area contributed by atoms with Crippen molar-refractivity contribution < 1.29 is 0 Å². The third kappa shape index (κ3) is 5340. The topological polar surface area (TPSA) is 99.7 Å². The van der Waals surface area contributed by atoms with E-state index in [1.807, 2.05) is 0 Å². The molecule has 0 rings (SSSR count). The van der Waals surface area contributed by atoms with Crippen LogP contribution in [0.15, 0.2) is 0 Å². The van der Waals surface area contributed by atoms with E-state index >= 15 is 0 Å². The molecule has 0 amide bonds. The monoisotopic (exact) mass is 246 g/mol. The Kier molecular flexibility index (Phi) is 31.0. The molecule has 0 aromatic carbocycles. The van der Waals surface area contributed by atoms with Gasteiger partial charge in [-0.3, -0.25) is 5.41 Å². The highest BCUT2D eigenvalue weighted by Crippen LogP contribution is 1.46. The van der Waals surface area contributed by atoms with E-state index in [0.717, 1.165) is 0 Å². The second-order valence-electron chi connectivity index (χ2n) is 0.555. The standard InChI is InChI=1S/CH5N3.CHNS.HI/c2-1(3)4;2-1-3;/h(H5,2,3,4);3H;1H. The highest BCUT2D eigenvalue weighted by atomic mass is 127. The molecule has 0 aliphatic heterocycles. The average molecular weight is 246 g/mol. The number of nitrogens with two attached hydrogens (primary N) is 2. The quantitative estimate of drug-likeness (QED) is 0.157. The van der Waals surface area contributed by atoms with Gasteiger partial charge in [-0.05, 0) is 0 Å². The number of hydrogen-bond donors (Lipinski definition) is 4. The van der Waals surface area contributed by atoms with Crippen LogP contribution >= 0.6 is 36.6 Å². The fraction of sp³-hybridized carbons (Fsp3) is 0. The number of guanidine groups is 1. The van der Waals surface area contributed by atoms with Crippen molar-refractivity contribution in [3.63, 3.8) is 0 Å². The van der Waals surface area contributed by atoms with Crippen LogP contribution in [0.5, 0.6) is 0 Å². The Bertz CT molecular complexity index is 82.5. The van der Waals surface area contributed by atoms with Gasteiger partial charge in [-0.15, -0.1) is 24.0 Å². The number of nitriles is 1. The maximum absolute atomic E-state index is 7.18. The Morgan fingerprint density at radius 2 is 1.62 bits per heavy atom. The van der Waals surface area contributed by atoms with Crippen LogP contribution in [0.4, 0.5) is 0 Å². The van der Waals surface area contributed by atoms with E-state index in [9.17, 15) is 0 Å². The molecule has 0 heterocycles. The van der Waals surface area contributed by atoms with E-state index in [4.69, 9.17) is 10.7 Å². The first-order valence-corrected chi connectivity index (χ1v) is 1.72. The molecule has 0 aliphatic carbocycles. The Hall–Kier alpha value is -0.160. The molecule has 0 atom stereocenters. The first kappa shape index (κ1) is 15.7. The van der Waals surface area contributed by atoms with Crippen LogP contribution in [-0.4, -0.2) is 5.96 Å². The molecule has 6 heteroatoms. The number of nitrogens with one attached hydrogen (secondary N) is 1. The number of nitrogens with zero attached hydrogens (tertiary/aromatic N) is 1. The third-order valence-corrected chi connectivity index (χ3v) is 0. The molecule has 0 unspecified atom stereocenters. The van der Waals surface area contributed by atoms with Crippen LogP contribution in [0, 0.1) is 16.1 Å². The summed E-state index contributed by atoms with van der Waals surface area (Å²) in [6.07, 6.45) is 0. The molecular weight excluding hydrogens is 239 g/mol. The summed E-state index contributed by atoms with van der Waals surface area (Å²) in [5, 5.41) is 14.7. The van der Waals surface area contributed by atoms with Gasteiger partial charge in [0.15, 0.2) is 5.96 Å². The van der Waals surface area contributed by atoms with Gasteiger partial charge in [-0.1, -0.05) is 12.6 Å². The maximum atomic E-state index is 7.18. The molecule has 0 bridgehead atoms. The van der Waals surface area contributed by atoms with Crippen molar-refractivity contribution in [2.45, 2.75) is 0 Å². The van der Waals surface area contributed by atoms with Crippen molar-refractivity contribution in [3.05, 3.63) is 0 Å². The predicted molar refractivity (Wildman–Crippen MR) is 46.1 cm³/mol. The molecule has 8 heavy (non-hydrogen) atoms. The average Bonchev–Trinajstić information content (AvgIpc) is 1.33. The third-order valence-electron chi connectivity index (χ3n) is 0. The lowest BCUT2D eigenvalue weighted by Gasteiger charge is -1.69. The van der Waals surface area contributed by atoms with E-state index < -0.39 is 0 Å². The summed E-state index contributed by atoms with van der Waals surface area (Å²) in [5.41, 5.74) is 8.94. The van der Waals surface area contributed by atoms with Crippen molar-refractivity contribution in [2.24, 2.45) is 11.5 Å². The summed E-state index contributed by atoms with van der Waals surface area (Å²) >= 11 is 3.09. The molecule has 0 saturated heterocycles. The first-order valence-electron chi connectivity index (χ1n) is 1.27. The fourth-order valence-electron chi connectivity index (χ4n) is 0. The van der Waals surface area contributed by atoms with Gasteiger partial charge < -0.3 is 11.5 Å². The van der Waals surface area contributed by atoms with E-state index in [0.29, 0.717) is 0 Å². The summed E-state index contributed by atoms with van der Waals surface area (Å²) < 4.78 is 0. The SMILES string of the molecule is I.N#CS.N=C(N)N. The van der Waals surface area contributed by atoms with E-state index in [1.165, 1.54) is 5.40 Å². The minimum absolute atomic E-state index is 0. The molecule has 0 aliphatic rings. The molecule has 0 fully saturated rings. The van der Waals surface area contributed by atoms with Gasteiger partial charge in [0.05, 0.1) is 0 Å². The summed E-state index contributed by atoms with van der Waals surface area (Å²) in [5.74, 6) is -0.333. The van der Waals surface area contributed by atoms with Crippen LogP contribution in [0.3, 0.4) is 0 Å². The number of hydrogen-bond acceptors (Lipinski definition) is 3. The largest absolute Gasteiger partial charge is 0.370 e. The van der Waals surface area contributed by atoms with Crippen molar-refractivity contribution >= 4 is 42.6 Å². The zero-order valence-electron chi connectivity index (χ0n) is 3.96. The minimum atomic E-state index is -0.333. The van der Waals surface area contributed by atoms with Gasteiger partial charge in [0.2, 0.25) is 0 Å². The van der Waals surface area contributed by atoms with Gasteiger partial charge in [-0.25, -0.2) is 0 Å². The van der Waals surface area contributed by atoms with Crippen molar-refractivity contribution in [1.82, 2.24) is 0 Å². The molecule has 5 N–H and O–H groups in total. The Morgan fingerprint density at radius 3 is 1.62 bits per heavy atom. The highest BCUT2D eigenvalue weighted by Gasteiger charge is 1.52. The van der Waals surface area contributed by atoms with E-state index in [-0.39, 0.29) is 29.9 Å². The first-order chi connectivity index (χ1) is 3.15. The molecule has 0 radical (unpaired) electrons. The van der Waals surface area contributed by atoms with Crippen molar-refractivity contribution in [1.29, 1.82) is 10.7 Å². The smallest absolute Gasteiger partial charge is 0.183 e. The van der Waals surface area contributed by atoms with Gasteiger partial charge in [0.1, 0.15) is 5.40 Å². The zero-order valence-corrected chi connectivity index (χ0v) is 7.18. The van der Waals surface area contributed by atoms with E-state index in [2.05, 4.69) is 24.1 Å². The summed E-state index contributed by atoms with van der Waals surface area (Å²) in [6, 6.07) is 0. The van der Waals surface area contributed by atoms with Crippen molar-refractivity contribution in [2.75, 3.05) is 0 Å². The minimum Gasteiger partial charge on any atom is -0.370 e. The summed E-state index contributed by atoms with van der Waals surface area (Å²) in [6.45, 7) is 0. The molecular formula is C2H7IN4S. The molecule has 0 aromatic rings. The molecule has 48 valence electrons. The van der Waals surface area contributed by atoms with Crippen LogP contribution in [0.2, 0.25) is 0 Å². The van der Waals surface area contributed by atoms with Gasteiger partial charge in [-0.2, -0.15) is 5.26 Å². The predicted octanol–water partition coefficient (Wildman–Crippen LogP) is -0.146. The summed E-state index contributed by atoms with van der Waals surface area (Å²) in [4.78, 5) is 0. The van der Waals surface area contributed by atoms with Gasteiger partial charge >= 0.3 is 0 Å². The Balaban J connectivity index is -0.0000000575.